The highest BCUT2D eigenvalue weighted by molar-refractivity contribution is 7.54. The molecule has 1 aliphatic rings. The number of nitrogens with zero attached hydrogens (tertiary/aromatic N) is 1. The Balaban J connectivity index is 2.01. The number of aliphatic hydroxyl groups is 1. The van der Waals surface area contributed by atoms with Crippen molar-refractivity contribution in [2.45, 2.75) is 50.8 Å². The SMILES string of the molecule is [2H]C([2H])(O[P@@](=O)(C[C@@H](C)C(=O)OC(C)C)Oc1ccccc1)[C@H]1O[C@@H](n2ccc(=O)[nH]c2=O)C(N)(C#CCF)[C@H]1O. The van der Waals surface area contributed by atoms with Crippen molar-refractivity contribution in [1.82, 2.24) is 9.55 Å². The van der Waals surface area contributed by atoms with Crippen molar-refractivity contribution in [3.05, 3.63) is 63.4 Å². The molecule has 0 amide bonds. The van der Waals surface area contributed by atoms with Gasteiger partial charge in [-0.1, -0.05) is 37.0 Å². The number of carbonyl (C=O) groups excluding carboxylic acids is 1. The number of hydrogen-bond donors (Lipinski definition) is 3. The number of para-hydroxylation sites is 1. The van der Waals surface area contributed by atoms with Crippen LogP contribution in [-0.2, 0) is 23.4 Å². The van der Waals surface area contributed by atoms with E-state index in [9.17, 15) is 28.4 Å². The molecule has 14 heteroatoms. The third kappa shape index (κ3) is 7.44. The topological polar surface area (TPSA) is 172 Å². The van der Waals surface area contributed by atoms with Crippen LogP contribution in [0.3, 0.4) is 0 Å². The van der Waals surface area contributed by atoms with Crippen molar-refractivity contribution in [3.8, 4) is 17.6 Å². The number of hydrogen-bond acceptors (Lipinski definition) is 10. The molecule has 1 aromatic heterocycles. The maximum Gasteiger partial charge on any atom is 0.380 e. The zero-order valence-electron chi connectivity index (χ0n) is 23.4. The van der Waals surface area contributed by atoms with E-state index in [0.29, 0.717) is 0 Å². The fraction of sp³-hybridized carbons (Fsp3) is 0.480. The van der Waals surface area contributed by atoms with Crippen molar-refractivity contribution >= 4 is 13.6 Å². The molecular formula is C25H31FN3O9P. The highest BCUT2D eigenvalue weighted by Crippen LogP contribution is 2.51. The van der Waals surface area contributed by atoms with Gasteiger partial charge >= 0.3 is 19.3 Å². The third-order valence-corrected chi connectivity index (χ3v) is 7.35. The summed E-state index contributed by atoms with van der Waals surface area (Å²) in [6.07, 6.45) is -6.05. The number of nitrogens with one attached hydrogen (secondary N) is 1. The Bertz CT molecular complexity index is 1460. The van der Waals surface area contributed by atoms with Crippen LogP contribution in [0.1, 0.15) is 29.7 Å². The van der Waals surface area contributed by atoms with Crippen LogP contribution in [0.4, 0.5) is 4.39 Å². The number of benzene rings is 1. The Hall–Kier alpha value is -3.27. The number of aliphatic hydroxyl groups excluding tert-OH is 1. The summed E-state index contributed by atoms with van der Waals surface area (Å²) in [7, 11) is -4.59. The van der Waals surface area contributed by atoms with E-state index in [4.69, 9.17) is 27.0 Å². The zero-order chi connectivity index (χ0) is 30.6. The molecular weight excluding hydrogens is 536 g/mol. The molecule has 0 aliphatic carbocycles. The fourth-order valence-corrected chi connectivity index (χ4v) is 5.38. The van der Waals surface area contributed by atoms with E-state index in [-0.39, 0.29) is 5.75 Å². The van der Waals surface area contributed by atoms with Crippen molar-refractivity contribution in [2.24, 2.45) is 11.7 Å². The Morgan fingerprint density at radius 2 is 2.03 bits per heavy atom. The fourth-order valence-electron chi connectivity index (χ4n) is 3.67. The Morgan fingerprint density at radius 1 is 1.33 bits per heavy atom. The highest BCUT2D eigenvalue weighted by atomic mass is 31.2. The number of esters is 1. The second kappa shape index (κ2) is 12.7. The maximum atomic E-state index is 14.0. The number of H-pyrrole nitrogens is 1. The van der Waals surface area contributed by atoms with Crippen LogP contribution in [-0.4, -0.2) is 63.9 Å². The molecule has 1 unspecified atom stereocenters. The van der Waals surface area contributed by atoms with Crippen LogP contribution in [0.15, 0.2) is 52.2 Å². The van der Waals surface area contributed by atoms with Crippen LogP contribution in [0.5, 0.6) is 5.75 Å². The Kier molecular flexibility index (Phi) is 8.91. The lowest BCUT2D eigenvalue weighted by Crippen LogP contribution is -2.55. The molecule has 212 valence electrons. The van der Waals surface area contributed by atoms with Gasteiger partial charge < -0.3 is 24.8 Å². The number of aromatic amines is 1. The van der Waals surface area contributed by atoms with Crippen molar-refractivity contribution < 1.29 is 40.1 Å². The van der Waals surface area contributed by atoms with Gasteiger partial charge in [0.15, 0.2) is 11.8 Å². The normalized spacial score (nSPS) is 26.0. The standard InChI is InChI=1S/C25H31FN3O9P/c1-16(2)36-22(32)17(3)15-39(34,38-18-8-5-4-6-9-18)35-14-19-21(31)25(27,11-7-12-26)23(37-19)29-13-10-20(30)28-24(29)33/h4-6,8-10,13,16-17,19,21,23,31H,12,14-15,27H2,1-3H3,(H,28,30,33)/t17-,19-,21+,23-,25?,39+/m1/s1/i14D2. The summed E-state index contributed by atoms with van der Waals surface area (Å²) in [5.74, 6) is 2.51. The summed E-state index contributed by atoms with van der Waals surface area (Å²) < 4.78 is 66.7. The number of nitrogens with two attached hydrogens (primary N) is 1. The second-order valence-electron chi connectivity index (χ2n) is 9.03. The number of alkyl halides is 1. The van der Waals surface area contributed by atoms with Gasteiger partial charge in [-0.05, 0) is 26.0 Å². The minimum atomic E-state index is -4.59. The molecule has 12 nitrogen and oxygen atoms in total. The molecule has 0 bridgehead atoms. The van der Waals surface area contributed by atoms with Crippen LogP contribution in [0, 0.1) is 17.8 Å². The molecule has 1 aromatic carbocycles. The molecule has 0 saturated carbocycles. The van der Waals surface area contributed by atoms with E-state index < -0.39 is 80.2 Å². The van der Waals surface area contributed by atoms with E-state index in [2.05, 4.69) is 5.92 Å². The van der Waals surface area contributed by atoms with E-state index in [1.807, 2.05) is 10.9 Å². The van der Waals surface area contributed by atoms with Crippen molar-refractivity contribution in [2.75, 3.05) is 19.4 Å². The summed E-state index contributed by atoms with van der Waals surface area (Å²) in [6, 6.07) is 8.58. The maximum absolute atomic E-state index is 14.0. The predicted molar refractivity (Wildman–Crippen MR) is 138 cm³/mol. The molecule has 1 saturated heterocycles. The molecule has 1 fully saturated rings. The Labute approximate surface area is 226 Å². The first-order valence-electron chi connectivity index (χ1n) is 12.9. The number of halogens is 1. The van der Waals surface area contributed by atoms with Crippen molar-refractivity contribution in [1.29, 1.82) is 0 Å². The van der Waals surface area contributed by atoms with Gasteiger partial charge in [0.05, 0.1) is 27.5 Å². The summed E-state index contributed by atoms with van der Waals surface area (Å²) in [5, 5.41) is 11.1. The van der Waals surface area contributed by atoms with E-state index >= 15 is 0 Å². The van der Waals surface area contributed by atoms with Crippen LogP contribution >= 0.6 is 7.60 Å². The Morgan fingerprint density at radius 3 is 2.64 bits per heavy atom. The first-order valence-corrected chi connectivity index (χ1v) is 13.6. The lowest BCUT2D eigenvalue weighted by Gasteiger charge is -2.28. The van der Waals surface area contributed by atoms with Gasteiger partial charge in [0, 0.05) is 12.3 Å². The van der Waals surface area contributed by atoms with E-state index in [0.717, 1.165) is 16.8 Å². The van der Waals surface area contributed by atoms with Gasteiger partial charge in [0.2, 0.25) is 0 Å². The lowest BCUT2D eigenvalue weighted by molar-refractivity contribution is -0.151. The van der Waals surface area contributed by atoms with Crippen LogP contribution in [0.2, 0.25) is 0 Å². The summed E-state index contributed by atoms with van der Waals surface area (Å²) >= 11 is 0. The smallest absolute Gasteiger partial charge is 0.380 e. The molecule has 39 heavy (non-hydrogen) atoms. The molecule has 0 spiro atoms. The predicted octanol–water partition coefficient (Wildman–Crippen LogP) is 1.34. The first kappa shape index (κ1) is 27.3. The average molecular weight is 570 g/mol. The monoisotopic (exact) mass is 569 g/mol. The molecule has 3 rings (SSSR count). The third-order valence-electron chi connectivity index (χ3n) is 5.48. The average Bonchev–Trinajstić information content (AvgIpc) is 3.13. The molecule has 6 atom stereocenters. The molecule has 2 heterocycles. The minimum absolute atomic E-state index is 0.0311. The van der Waals surface area contributed by atoms with Gasteiger partial charge in [-0.15, -0.1) is 0 Å². The number of aromatic nitrogens is 2. The number of rotatable bonds is 10. The summed E-state index contributed by atoms with van der Waals surface area (Å²) in [5.41, 5.74) is 2.16. The van der Waals surface area contributed by atoms with Gasteiger partial charge in [-0.3, -0.25) is 23.7 Å². The lowest BCUT2D eigenvalue weighted by atomic mass is 9.91. The van der Waals surface area contributed by atoms with Gasteiger partial charge in [0.25, 0.3) is 5.56 Å². The number of ether oxygens (including phenoxy) is 2. The minimum Gasteiger partial charge on any atom is -0.463 e. The molecule has 2 aromatic rings. The van der Waals surface area contributed by atoms with Gasteiger partial charge in [-0.25, -0.2) is 13.8 Å². The zero-order valence-corrected chi connectivity index (χ0v) is 22.3. The summed E-state index contributed by atoms with van der Waals surface area (Å²) in [4.78, 5) is 38.5. The van der Waals surface area contributed by atoms with E-state index in [1.54, 1.807) is 32.0 Å². The molecule has 4 N–H and O–H groups in total. The largest absolute Gasteiger partial charge is 0.463 e. The second-order valence-corrected chi connectivity index (χ2v) is 11.0. The quantitative estimate of drug-likeness (QED) is 0.215. The molecule has 1 aliphatic heterocycles. The number of carbonyl (C=O) groups is 1. The molecule has 0 radical (unpaired) electrons. The first-order chi connectivity index (χ1) is 19.1. The van der Waals surface area contributed by atoms with E-state index in [1.165, 1.54) is 19.1 Å². The highest BCUT2D eigenvalue weighted by Gasteiger charge is 2.55. The van der Waals surface area contributed by atoms with Gasteiger partial charge in [-0.2, -0.15) is 0 Å². The summed E-state index contributed by atoms with van der Waals surface area (Å²) in [6.45, 7) is 0.272. The van der Waals surface area contributed by atoms with Crippen LogP contribution in [0.25, 0.3) is 0 Å². The van der Waals surface area contributed by atoms with Gasteiger partial charge in [0.1, 0.15) is 24.6 Å². The van der Waals surface area contributed by atoms with Crippen molar-refractivity contribution in [3.63, 3.8) is 0 Å². The van der Waals surface area contributed by atoms with Crippen LogP contribution < -0.4 is 21.5 Å².